The van der Waals surface area contributed by atoms with Crippen molar-refractivity contribution in [3.8, 4) is 5.88 Å². The van der Waals surface area contributed by atoms with E-state index in [2.05, 4.69) is 9.88 Å². The van der Waals surface area contributed by atoms with Gasteiger partial charge < -0.3 is 19.3 Å². The van der Waals surface area contributed by atoms with Crippen LogP contribution in [0.1, 0.15) is 54.6 Å². The zero-order chi connectivity index (χ0) is 19.7. The minimum absolute atomic E-state index is 0.00293. The number of methoxy groups -OCH3 is 1. The van der Waals surface area contributed by atoms with Crippen LogP contribution < -0.4 is 4.74 Å². The lowest BCUT2D eigenvalue weighted by molar-refractivity contribution is -0.137. The number of esters is 1. The Kier molecular flexibility index (Phi) is 5.27. The Morgan fingerprint density at radius 2 is 2.04 bits per heavy atom. The van der Waals surface area contributed by atoms with Crippen LogP contribution in [0.3, 0.4) is 0 Å². The number of hydrogen-bond acceptors (Lipinski definition) is 6. The number of nitrogens with zero attached hydrogens (tertiary/aromatic N) is 3. The number of hydrogen-bond donors (Lipinski definition) is 0. The maximum absolute atomic E-state index is 12.9. The second-order valence-electron chi connectivity index (χ2n) is 8.22. The summed E-state index contributed by atoms with van der Waals surface area (Å²) in [4.78, 5) is 33.8. The summed E-state index contributed by atoms with van der Waals surface area (Å²) in [5.74, 6) is 0.243. The molecule has 0 unspecified atom stereocenters. The number of ether oxygens (including phenoxy) is 2. The Balaban J connectivity index is 1.37. The second-order valence-corrected chi connectivity index (χ2v) is 8.22. The molecule has 1 saturated carbocycles. The minimum Gasteiger partial charge on any atom is -0.481 e. The fourth-order valence-corrected chi connectivity index (χ4v) is 4.78. The highest BCUT2D eigenvalue weighted by atomic mass is 16.6. The first kappa shape index (κ1) is 19.2. The van der Waals surface area contributed by atoms with Crippen LogP contribution in [-0.4, -0.2) is 67.0 Å². The van der Waals surface area contributed by atoms with E-state index < -0.39 is 5.60 Å². The smallest absolute Gasteiger partial charge is 0.358 e. The quantitative estimate of drug-likeness (QED) is 0.722. The molecule has 7 nitrogen and oxygen atoms in total. The lowest BCUT2D eigenvalue weighted by atomic mass is 9.75. The topological polar surface area (TPSA) is 72.0 Å². The molecule has 3 heterocycles. The summed E-state index contributed by atoms with van der Waals surface area (Å²) < 4.78 is 10.9. The molecule has 1 saturated heterocycles. The molecule has 4 rings (SSSR count). The van der Waals surface area contributed by atoms with Crippen LogP contribution in [0.15, 0.2) is 12.1 Å². The van der Waals surface area contributed by atoms with Gasteiger partial charge in [0, 0.05) is 37.7 Å². The van der Waals surface area contributed by atoms with Crippen molar-refractivity contribution in [3.63, 3.8) is 0 Å². The third-order valence-electron chi connectivity index (χ3n) is 6.52. The van der Waals surface area contributed by atoms with Crippen LogP contribution in [0.25, 0.3) is 0 Å². The summed E-state index contributed by atoms with van der Waals surface area (Å²) in [5, 5.41) is 0. The number of likely N-dealkylation sites (N-methyl/N-ethyl adjacent to an activating group) is 1. The maximum Gasteiger partial charge on any atom is 0.358 e. The summed E-state index contributed by atoms with van der Waals surface area (Å²) in [7, 11) is 3.44. The van der Waals surface area contributed by atoms with Crippen molar-refractivity contribution in [1.29, 1.82) is 0 Å². The Labute approximate surface area is 166 Å². The third-order valence-corrected chi connectivity index (χ3v) is 6.52. The van der Waals surface area contributed by atoms with E-state index in [1.165, 1.54) is 20.0 Å². The average molecular weight is 387 g/mol. The van der Waals surface area contributed by atoms with E-state index in [1.807, 2.05) is 18.0 Å². The third kappa shape index (κ3) is 3.48. The molecule has 0 aromatic carbocycles. The standard InChI is InChI=1S/C21H29N3O4/c1-23(13-14-24-11-3-4-12-24)19(25)15-7-9-21(10-8-15)16-5-6-17(27-2)22-18(16)20(26)28-21/h5-6,15H,3-4,7-14H2,1-2H3. The zero-order valence-electron chi connectivity index (χ0n) is 16.8. The number of rotatable bonds is 5. The average Bonchev–Trinajstić information content (AvgIpc) is 3.33. The van der Waals surface area contributed by atoms with Crippen molar-refractivity contribution in [2.45, 2.75) is 44.1 Å². The van der Waals surface area contributed by atoms with Gasteiger partial charge in [0.25, 0.3) is 0 Å². The highest BCUT2D eigenvalue weighted by Gasteiger charge is 2.49. The van der Waals surface area contributed by atoms with Gasteiger partial charge in [0.05, 0.1) is 7.11 Å². The lowest BCUT2D eigenvalue weighted by Crippen LogP contribution is -2.41. The van der Waals surface area contributed by atoms with Gasteiger partial charge in [-0.2, -0.15) is 0 Å². The van der Waals surface area contributed by atoms with Crippen molar-refractivity contribution >= 4 is 11.9 Å². The van der Waals surface area contributed by atoms with Crippen molar-refractivity contribution in [3.05, 3.63) is 23.4 Å². The molecular formula is C21H29N3O4. The van der Waals surface area contributed by atoms with Gasteiger partial charge in [-0.25, -0.2) is 9.78 Å². The van der Waals surface area contributed by atoms with Crippen LogP contribution in [0.2, 0.25) is 0 Å². The lowest BCUT2D eigenvalue weighted by Gasteiger charge is -2.37. The Bertz CT molecular complexity index is 752. The SMILES string of the molecule is COc1ccc2c(n1)C(=O)OC21CCC(C(=O)N(C)CCN2CCCC2)CC1. The molecule has 1 aliphatic carbocycles. The molecule has 0 bridgehead atoms. The molecule has 0 atom stereocenters. The number of amides is 1. The molecule has 1 amide bonds. The summed E-state index contributed by atoms with van der Waals surface area (Å²) in [6.07, 6.45) is 5.32. The predicted molar refractivity (Wildman–Crippen MR) is 103 cm³/mol. The van der Waals surface area contributed by atoms with E-state index in [4.69, 9.17) is 9.47 Å². The van der Waals surface area contributed by atoms with Crippen molar-refractivity contribution < 1.29 is 19.1 Å². The summed E-state index contributed by atoms with van der Waals surface area (Å²) >= 11 is 0. The van der Waals surface area contributed by atoms with E-state index in [0.717, 1.165) is 44.6 Å². The van der Waals surface area contributed by atoms with Gasteiger partial charge in [-0.3, -0.25) is 4.79 Å². The molecule has 2 aliphatic heterocycles. The molecule has 7 heteroatoms. The van der Waals surface area contributed by atoms with Crippen molar-refractivity contribution in [2.75, 3.05) is 40.3 Å². The van der Waals surface area contributed by atoms with Crippen LogP contribution in [0.5, 0.6) is 5.88 Å². The highest BCUT2D eigenvalue weighted by molar-refractivity contribution is 5.93. The van der Waals surface area contributed by atoms with Gasteiger partial charge in [0.1, 0.15) is 5.60 Å². The first-order valence-electron chi connectivity index (χ1n) is 10.3. The fraction of sp³-hybridized carbons (Fsp3) is 0.667. The van der Waals surface area contributed by atoms with Crippen LogP contribution in [-0.2, 0) is 15.1 Å². The highest BCUT2D eigenvalue weighted by Crippen LogP contribution is 2.48. The first-order chi connectivity index (χ1) is 13.5. The second kappa shape index (κ2) is 7.70. The summed E-state index contributed by atoms with van der Waals surface area (Å²) in [6, 6.07) is 3.66. The van der Waals surface area contributed by atoms with E-state index in [1.54, 1.807) is 6.07 Å². The van der Waals surface area contributed by atoms with Crippen molar-refractivity contribution in [1.82, 2.24) is 14.8 Å². The molecule has 28 heavy (non-hydrogen) atoms. The molecule has 2 fully saturated rings. The van der Waals surface area contributed by atoms with E-state index >= 15 is 0 Å². The summed E-state index contributed by atoms with van der Waals surface area (Å²) in [5.41, 5.74) is 0.565. The molecular weight excluding hydrogens is 358 g/mol. The van der Waals surface area contributed by atoms with Gasteiger partial charge in [0.15, 0.2) is 5.69 Å². The zero-order valence-corrected chi connectivity index (χ0v) is 16.8. The predicted octanol–water partition coefficient (Wildman–Crippen LogP) is 2.20. The van der Waals surface area contributed by atoms with Crippen LogP contribution >= 0.6 is 0 Å². The first-order valence-corrected chi connectivity index (χ1v) is 10.3. The number of pyridine rings is 1. The summed E-state index contributed by atoms with van der Waals surface area (Å²) in [6.45, 7) is 4.04. The van der Waals surface area contributed by atoms with E-state index in [0.29, 0.717) is 24.4 Å². The largest absolute Gasteiger partial charge is 0.481 e. The Hall–Kier alpha value is -2.15. The molecule has 1 aromatic rings. The fourth-order valence-electron chi connectivity index (χ4n) is 4.78. The van der Waals surface area contributed by atoms with Crippen LogP contribution in [0, 0.1) is 5.92 Å². The molecule has 1 spiro atoms. The van der Waals surface area contributed by atoms with Gasteiger partial charge in [-0.1, -0.05) is 0 Å². The van der Waals surface area contributed by atoms with Gasteiger partial charge in [-0.05, 0) is 57.7 Å². The molecule has 1 aromatic heterocycles. The normalized spacial score (nSPS) is 26.9. The van der Waals surface area contributed by atoms with E-state index in [9.17, 15) is 9.59 Å². The molecule has 3 aliphatic rings. The van der Waals surface area contributed by atoms with Crippen LogP contribution in [0.4, 0.5) is 0 Å². The van der Waals surface area contributed by atoms with Gasteiger partial charge >= 0.3 is 5.97 Å². The Morgan fingerprint density at radius 1 is 1.32 bits per heavy atom. The number of likely N-dealkylation sites (tertiary alicyclic amines) is 1. The monoisotopic (exact) mass is 387 g/mol. The minimum atomic E-state index is -0.628. The van der Waals surface area contributed by atoms with Gasteiger partial charge in [0.2, 0.25) is 11.8 Å². The number of aromatic nitrogens is 1. The van der Waals surface area contributed by atoms with Gasteiger partial charge in [-0.15, -0.1) is 0 Å². The molecule has 152 valence electrons. The maximum atomic E-state index is 12.9. The van der Waals surface area contributed by atoms with Crippen molar-refractivity contribution in [2.24, 2.45) is 5.92 Å². The molecule has 0 N–H and O–H groups in total. The number of carbonyl (C=O) groups is 2. The number of carbonyl (C=O) groups excluding carboxylic acids is 2. The Morgan fingerprint density at radius 3 is 2.71 bits per heavy atom. The molecule has 0 radical (unpaired) electrons. The number of fused-ring (bicyclic) bond motifs is 2. The van der Waals surface area contributed by atoms with E-state index in [-0.39, 0.29) is 17.8 Å².